The fraction of sp³-hybridized carbons (Fsp3) is 0.833. The number of nitrogens with one attached hydrogen (secondary N) is 1. The third-order valence-electron chi connectivity index (χ3n) is 3.29. The van der Waals surface area contributed by atoms with E-state index in [1.54, 1.807) is 0 Å². The lowest BCUT2D eigenvalue weighted by Gasteiger charge is -2.36. The van der Waals surface area contributed by atoms with Gasteiger partial charge in [0.1, 0.15) is 0 Å². The lowest BCUT2D eigenvalue weighted by Crippen LogP contribution is -2.51. The summed E-state index contributed by atoms with van der Waals surface area (Å²) in [6.07, 6.45) is 1.20. The Kier molecular flexibility index (Phi) is 6.75. The Morgan fingerprint density at radius 3 is 2.58 bits per heavy atom. The fourth-order valence-electron chi connectivity index (χ4n) is 2.34. The van der Waals surface area contributed by atoms with Crippen LogP contribution in [-0.4, -0.2) is 71.0 Å². The Morgan fingerprint density at radius 1 is 1.26 bits per heavy atom. The molecule has 110 valence electrons. The third kappa shape index (κ3) is 6.00. The summed E-state index contributed by atoms with van der Waals surface area (Å²) in [6, 6.07) is 0.0372. The van der Waals surface area contributed by atoms with Crippen LogP contribution in [0.2, 0.25) is 0 Å². The SMILES string of the molecule is O=C(O)CCN1CC(NCCCO)CC(C(=O)O)C1. The maximum atomic E-state index is 11.1. The van der Waals surface area contributed by atoms with Crippen LogP contribution in [0.25, 0.3) is 0 Å². The molecule has 2 unspecified atom stereocenters. The Balaban J connectivity index is 2.47. The van der Waals surface area contributed by atoms with Crippen molar-refractivity contribution in [1.29, 1.82) is 0 Å². The first-order valence-electron chi connectivity index (χ1n) is 6.54. The highest BCUT2D eigenvalue weighted by atomic mass is 16.4. The smallest absolute Gasteiger partial charge is 0.307 e. The zero-order valence-corrected chi connectivity index (χ0v) is 10.9. The van der Waals surface area contributed by atoms with Crippen LogP contribution in [-0.2, 0) is 9.59 Å². The van der Waals surface area contributed by atoms with E-state index in [0.717, 1.165) is 0 Å². The summed E-state index contributed by atoms with van der Waals surface area (Å²) in [6.45, 7) is 2.17. The minimum absolute atomic E-state index is 0.0235. The molecule has 1 rings (SSSR count). The molecule has 0 radical (unpaired) electrons. The number of piperidine rings is 1. The quantitative estimate of drug-likeness (QED) is 0.429. The summed E-state index contributed by atoms with van der Waals surface area (Å²) in [5, 5.41) is 29.7. The molecule has 0 saturated carbocycles. The maximum Gasteiger partial charge on any atom is 0.307 e. The maximum absolute atomic E-state index is 11.1. The zero-order chi connectivity index (χ0) is 14.3. The second-order valence-corrected chi connectivity index (χ2v) is 4.90. The van der Waals surface area contributed by atoms with Gasteiger partial charge in [0, 0.05) is 32.3 Å². The number of carbonyl (C=O) groups is 2. The van der Waals surface area contributed by atoms with E-state index in [9.17, 15) is 9.59 Å². The highest BCUT2D eigenvalue weighted by Crippen LogP contribution is 2.17. The average molecular weight is 274 g/mol. The molecule has 0 aromatic carbocycles. The minimum Gasteiger partial charge on any atom is -0.481 e. The van der Waals surface area contributed by atoms with Crippen LogP contribution in [0, 0.1) is 5.92 Å². The van der Waals surface area contributed by atoms with Crippen LogP contribution >= 0.6 is 0 Å². The molecule has 1 aliphatic rings. The van der Waals surface area contributed by atoms with Crippen LogP contribution in [0.5, 0.6) is 0 Å². The highest BCUT2D eigenvalue weighted by molar-refractivity contribution is 5.70. The molecule has 0 aliphatic carbocycles. The van der Waals surface area contributed by atoms with Gasteiger partial charge in [0.25, 0.3) is 0 Å². The number of aliphatic hydroxyl groups excluding tert-OH is 1. The van der Waals surface area contributed by atoms with Crippen LogP contribution in [0.1, 0.15) is 19.3 Å². The number of hydrogen-bond acceptors (Lipinski definition) is 5. The summed E-state index contributed by atoms with van der Waals surface area (Å²) in [4.78, 5) is 23.5. The molecule has 19 heavy (non-hydrogen) atoms. The molecule has 0 aromatic rings. The number of carboxylic acids is 2. The van der Waals surface area contributed by atoms with Crippen LogP contribution in [0.15, 0.2) is 0 Å². The number of hydrogen-bond donors (Lipinski definition) is 4. The molecule has 0 aromatic heterocycles. The second kappa shape index (κ2) is 8.08. The summed E-state index contributed by atoms with van der Waals surface area (Å²) < 4.78 is 0. The molecule has 0 bridgehead atoms. The first kappa shape index (κ1) is 15.9. The Morgan fingerprint density at radius 2 is 2.00 bits per heavy atom. The molecular weight excluding hydrogens is 252 g/mol. The molecule has 1 saturated heterocycles. The molecule has 1 aliphatic heterocycles. The van der Waals surface area contributed by atoms with E-state index in [-0.39, 0.29) is 19.1 Å². The van der Waals surface area contributed by atoms with Gasteiger partial charge in [-0.15, -0.1) is 0 Å². The molecule has 0 amide bonds. The van der Waals surface area contributed by atoms with E-state index >= 15 is 0 Å². The highest BCUT2D eigenvalue weighted by Gasteiger charge is 2.31. The van der Waals surface area contributed by atoms with Gasteiger partial charge in [0.05, 0.1) is 12.3 Å². The van der Waals surface area contributed by atoms with Crippen molar-refractivity contribution in [2.24, 2.45) is 5.92 Å². The molecule has 2 atom stereocenters. The van der Waals surface area contributed by atoms with E-state index in [1.807, 2.05) is 4.90 Å². The predicted octanol–water partition coefficient (Wildman–Crippen LogP) is -0.792. The zero-order valence-electron chi connectivity index (χ0n) is 10.9. The second-order valence-electron chi connectivity index (χ2n) is 4.90. The van der Waals surface area contributed by atoms with Crippen molar-refractivity contribution in [3.8, 4) is 0 Å². The molecule has 7 nitrogen and oxygen atoms in total. The van der Waals surface area contributed by atoms with Crippen molar-refractivity contribution in [3.63, 3.8) is 0 Å². The molecule has 4 N–H and O–H groups in total. The van der Waals surface area contributed by atoms with Gasteiger partial charge in [-0.3, -0.25) is 9.59 Å². The minimum atomic E-state index is -0.873. The van der Waals surface area contributed by atoms with Gasteiger partial charge in [-0.2, -0.15) is 0 Å². The average Bonchev–Trinajstić information content (AvgIpc) is 2.36. The van der Waals surface area contributed by atoms with Crippen molar-refractivity contribution in [1.82, 2.24) is 10.2 Å². The number of rotatable bonds is 8. The fourth-order valence-corrected chi connectivity index (χ4v) is 2.34. The standard InChI is InChI=1S/C12H22N2O5/c15-5-1-3-13-10-6-9(12(18)19)7-14(8-10)4-2-11(16)17/h9-10,13,15H,1-8H2,(H,16,17)(H,18,19). The number of aliphatic carboxylic acids is 2. The largest absolute Gasteiger partial charge is 0.481 e. The number of likely N-dealkylation sites (tertiary alicyclic amines) is 1. The van der Waals surface area contributed by atoms with Gasteiger partial charge in [-0.05, 0) is 19.4 Å². The monoisotopic (exact) mass is 274 g/mol. The third-order valence-corrected chi connectivity index (χ3v) is 3.29. The normalized spacial score (nSPS) is 24.3. The van der Waals surface area contributed by atoms with Gasteiger partial charge in [-0.1, -0.05) is 0 Å². The Bertz CT molecular complexity index is 310. The van der Waals surface area contributed by atoms with Crippen LogP contribution in [0.4, 0.5) is 0 Å². The summed E-state index contributed by atoms with van der Waals surface area (Å²) in [7, 11) is 0. The van der Waals surface area contributed by atoms with Gasteiger partial charge < -0.3 is 25.5 Å². The number of carboxylic acid groups (broad SMARTS) is 2. The van der Waals surface area contributed by atoms with E-state index in [1.165, 1.54) is 0 Å². The first-order chi connectivity index (χ1) is 9.02. The summed E-state index contributed by atoms with van der Waals surface area (Å²) in [5.41, 5.74) is 0. The van der Waals surface area contributed by atoms with E-state index in [2.05, 4.69) is 5.32 Å². The molecule has 1 heterocycles. The van der Waals surface area contributed by atoms with Gasteiger partial charge in [-0.25, -0.2) is 0 Å². The van der Waals surface area contributed by atoms with Crippen molar-refractivity contribution < 1.29 is 24.9 Å². The van der Waals surface area contributed by atoms with Crippen molar-refractivity contribution in [3.05, 3.63) is 0 Å². The van der Waals surface area contributed by atoms with Gasteiger partial charge in [0.15, 0.2) is 0 Å². The molecule has 7 heteroatoms. The summed E-state index contributed by atoms with van der Waals surface area (Å²) >= 11 is 0. The van der Waals surface area contributed by atoms with E-state index < -0.39 is 17.9 Å². The van der Waals surface area contributed by atoms with E-state index in [4.69, 9.17) is 15.3 Å². The number of nitrogens with zero attached hydrogens (tertiary/aromatic N) is 1. The molecule has 1 fully saturated rings. The molecule has 0 spiro atoms. The lowest BCUT2D eigenvalue weighted by molar-refractivity contribution is -0.144. The van der Waals surface area contributed by atoms with Crippen molar-refractivity contribution >= 4 is 11.9 Å². The number of aliphatic hydroxyl groups is 1. The topological polar surface area (TPSA) is 110 Å². The van der Waals surface area contributed by atoms with E-state index in [0.29, 0.717) is 39.0 Å². The summed E-state index contributed by atoms with van der Waals surface area (Å²) in [5.74, 6) is -2.18. The van der Waals surface area contributed by atoms with Gasteiger partial charge >= 0.3 is 11.9 Å². The van der Waals surface area contributed by atoms with Crippen LogP contribution < -0.4 is 5.32 Å². The first-order valence-corrected chi connectivity index (χ1v) is 6.54. The van der Waals surface area contributed by atoms with Crippen molar-refractivity contribution in [2.45, 2.75) is 25.3 Å². The Hall–Kier alpha value is -1.18. The van der Waals surface area contributed by atoms with Crippen LogP contribution in [0.3, 0.4) is 0 Å². The molecular formula is C12H22N2O5. The lowest BCUT2D eigenvalue weighted by atomic mass is 9.94. The Labute approximate surface area is 112 Å². The van der Waals surface area contributed by atoms with Crippen molar-refractivity contribution in [2.75, 3.05) is 32.8 Å². The van der Waals surface area contributed by atoms with Gasteiger partial charge in [0.2, 0.25) is 0 Å². The predicted molar refractivity (Wildman–Crippen MR) is 67.9 cm³/mol.